The number of carbonyl (C=O) groups is 1. The van der Waals surface area contributed by atoms with E-state index in [1.165, 1.54) is 6.33 Å². The molecule has 0 aliphatic carbocycles. The second-order valence-electron chi connectivity index (χ2n) is 3.66. The van der Waals surface area contributed by atoms with Crippen LogP contribution >= 0.6 is 0 Å². The number of rotatable bonds is 3. The van der Waals surface area contributed by atoms with Crippen LogP contribution in [0.3, 0.4) is 0 Å². The molecule has 1 aliphatic heterocycles. The van der Waals surface area contributed by atoms with Crippen LogP contribution in [0.5, 0.6) is 0 Å². The van der Waals surface area contributed by atoms with Crippen LogP contribution < -0.4 is 11.4 Å². The predicted molar refractivity (Wildman–Crippen MR) is 53.3 cm³/mol. The summed E-state index contributed by atoms with van der Waals surface area (Å²) in [5, 5.41) is 7.47. The highest BCUT2D eigenvalue weighted by molar-refractivity contribution is 5.96. The van der Waals surface area contributed by atoms with Crippen molar-refractivity contribution in [1.82, 2.24) is 24.4 Å². The summed E-state index contributed by atoms with van der Waals surface area (Å²) >= 11 is 0. The van der Waals surface area contributed by atoms with Crippen LogP contribution in [-0.2, 0) is 11.3 Å². The number of primary amides is 1. The summed E-state index contributed by atoms with van der Waals surface area (Å²) in [6, 6.07) is 0. The number of aromatic nitrogens is 5. The summed E-state index contributed by atoms with van der Waals surface area (Å²) in [5.41, 5.74) is 4.67. The third-order valence-electron chi connectivity index (χ3n) is 2.43. The first-order valence-electron chi connectivity index (χ1n) is 4.89. The largest absolute Gasteiger partial charge is 0.371 e. The van der Waals surface area contributed by atoms with Crippen LogP contribution in [0.4, 0.5) is 0 Å². The number of ether oxygens (including phenoxy) is 1. The Labute approximate surface area is 93.8 Å². The third kappa shape index (κ3) is 1.56. The van der Waals surface area contributed by atoms with Gasteiger partial charge in [0, 0.05) is 0 Å². The van der Waals surface area contributed by atoms with E-state index in [0.717, 1.165) is 9.08 Å². The van der Waals surface area contributed by atoms with Crippen LogP contribution in [0, 0.1) is 0 Å². The number of hydrogen-bond acceptors (Lipinski definition) is 6. The molecule has 9 heteroatoms. The molecule has 1 unspecified atom stereocenters. The predicted octanol–water partition coefficient (Wildman–Crippen LogP) is -2.22. The Morgan fingerprint density at radius 1 is 1.65 bits per heavy atom. The molecule has 88 valence electrons. The first-order chi connectivity index (χ1) is 8.16. The maximum absolute atomic E-state index is 11.9. The molecule has 0 aromatic carbocycles. The average Bonchev–Trinajstić information content (AvgIpc) is 2.98. The molecule has 1 aliphatic rings. The lowest BCUT2D eigenvalue weighted by molar-refractivity contribution is 0.0997. The Morgan fingerprint density at radius 3 is 3.06 bits per heavy atom. The Bertz CT molecular complexity index is 655. The van der Waals surface area contributed by atoms with Gasteiger partial charge in [-0.05, 0) is 0 Å². The molecule has 1 atom stereocenters. The highest BCUT2D eigenvalue weighted by Gasteiger charge is 2.25. The molecule has 3 rings (SSSR count). The molecule has 0 bridgehead atoms. The van der Waals surface area contributed by atoms with Crippen molar-refractivity contribution in [3.63, 3.8) is 0 Å². The number of fused-ring (bicyclic) bond motifs is 1. The van der Waals surface area contributed by atoms with Gasteiger partial charge >= 0.3 is 5.69 Å². The minimum Gasteiger partial charge on any atom is -0.371 e. The van der Waals surface area contributed by atoms with E-state index in [4.69, 9.17) is 10.5 Å². The SMILES string of the molecule is NC(=O)c1ncn2c(=O)n(CC3CO3)nnc12. The van der Waals surface area contributed by atoms with E-state index in [1.54, 1.807) is 0 Å². The van der Waals surface area contributed by atoms with E-state index in [1.807, 2.05) is 0 Å². The molecule has 1 amide bonds. The number of hydrogen-bond donors (Lipinski definition) is 1. The molecular weight excluding hydrogens is 228 g/mol. The molecule has 2 aromatic heterocycles. The first kappa shape index (κ1) is 9.90. The van der Waals surface area contributed by atoms with Crippen LogP contribution in [0.1, 0.15) is 10.5 Å². The van der Waals surface area contributed by atoms with Crippen molar-refractivity contribution >= 4 is 11.6 Å². The van der Waals surface area contributed by atoms with Crippen molar-refractivity contribution in [1.29, 1.82) is 0 Å². The molecule has 0 saturated carbocycles. The van der Waals surface area contributed by atoms with E-state index in [-0.39, 0.29) is 17.4 Å². The molecule has 1 fully saturated rings. The van der Waals surface area contributed by atoms with Gasteiger partial charge in [-0.3, -0.25) is 4.79 Å². The number of carbonyl (C=O) groups excluding carboxylic acids is 1. The Balaban J connectivity index is 2.14. The van der Waals surface area contributed by atoms with Gasteiger partial charge in [-0.15, -0.1) is 5.10 Å². The highest BCUT2D eigenvalue weighted by atomic mass is 16.6. The number of nitrogens with zero attached hydrogens (tertiary/aromatic N) is 5. The molecule has 2 aromatic rings. The lowest BCUT2D eigenvalue weighted by Gasteiger charge is -2.00. The molecule has 9 nitrogen and oxygen atoms in total. The summed E-state index contributed by atoms with van der Waals surface area (Å²) in [5.74, 6) is -0.746. The average molecular weight is 236 g/mol. The fraction of sp³-hybridized carbons (Fsp3) is 0.375. The van der Waals surface area contributed by atoms with Crippen LogP contribution in [-0.4, -0.2) is 43.0 Å². The summed E-state index contributed by atoms with van der Waals surface area (Å²) in [4.78, 5) is 26.6. The third-order valence-corrected chi connectivity index (χ3v) is 2.43. The van der Waals surface area contributed by atoms with Gasteiger partial charge < -0.3 is 10.5 Å². The lowest BCUT2D eigenvalue weighted by Crippen LogP contribution is -2.31. The summed E-state index contributed by atoms with van der Waals surface area (Å²) in [6.07, 6.45) is 1.22. The summed E-state index contributed by atoms with van der Waals surface area (Å²) < 4.78 is 7.29. The first-order valence-corrected chi connectivity index (χ1v) is 4.89. The monoisotopic (exact) mass is 236 g/mol. The van der Waals surface area contributed by atoms with Crippen LogP contribution in [0.25, 0.3) is 5.65 Å². The van der Waals surface area contributed by atoms with E-state index in [2.05, 4.69) is 15.3 Å². The molecule has 3 heterocycles. The van der Waals surface area contributed by atoms with Crippen molar-refractivity contribution in [2.24, 2.45) is 5.73 Å². The quantitative estimate of drug-likeness (QED) is 0.603. The van der Waals surface area contributed by atoms with Crippen molar-refractivity contribution < 1.29 is 9.53 Å². The van der Waals surface area contributed by atoms with Crippen molar-refractivity contribution in [3.8, 4) is 0 Å². The van der Waals surface area contributed by atoms with Gasteiger partial charge in [0.05, 0.1) is 13.2 Å². The van der Waals surface area contributed by atoms with E-state index >= 15 is 0 Å². The zero-order valence-corrected chi connectivity index (χ0v) is 8.61. The molecule has 2 N–H and O–H groups in total. The fourth-order valence-corrected chi connectivity index (χ4v) is 1.49. The molecular formula is C8H8N6O3. The number of amides is 1. The van der Waals surface area contributed by atoms with Crippen LogP contribution in [0.2, 0.25) is 0 Å². The van der Waals surface area contributed by atoms with Gasteiger partial charge in [0.1, 0.15) is 12.4 Å². The zero-order valence-electron chi connectivity index (χ0n) is 8.61. The summed E-state index contributed by atoms with van der Waals surface area (Å²) in [7, 11) is 0. The zero-order chi connectivity index (χ0) is 12.0. The van der Waals surface area contributed by atoms with E-state index < -0.39 is 11.6 Å². The van der Waals surface area contributed by atoms with Gasteiger partial charge in [0.15, 0.2) is 11.3 Å². The number of nitrogens with two attached hydrogens (primary N) is 1. The topological polar surface area (TPSA) is 121 Å². The van der Waals surface area contributed by atoms with Gasteiger partial charge in [-0.1, -0.05) is 5.21 Å². The maximum atomic E-state index is 11.9. The van der Waals surface area contributed by atoms with Crippen molar-refractivity contribution in [2.45, 2.75) is 12.6 Å². The lowest BCUT2D eigenvalue weighted by atomic mass is 10.4. The molecule has 0 radical (unpaired) electrons. The van der Waals surface area contributed by atoms with E-state index in [9.17, 15) is 9.59 Å². The second-order valence-corrected chi connectivity index (χ2v) is 3.66. The molecule has 0 spiro atoms. The number of imidazole rings is 1. The Morgan fingerprint density at radius 2 is 2.41 bits per heavy atom. The summed E-state index contributed by atoms with van der Waals surface area (Å²) in [6.45, 7) is 0.953. The molecule has 17 heavy (non-hydrogen) atoms. The number of epoxide rings is 1. The Kier molecular flexibility index (Phi) is 1.95. The Hall–Kier alpha value is -2.29. The van der Waals surface area contributed by atoms with Crippen LogP contribution in [0.15, 0.2) is 11.1 Å². The minimum absolute atomic E-state index is 0.0126. The van der Waals surface area contributed by atoms with Gasteiger partial charge in [0.25, 0.3) is 5.91 Å². The van der Waals surface area contributed by atoms with Crippen molar-refractivity contribution in [2.75, 3.05) is 6.61 Å². The fourth-order valence-electron chi connectivity index (χ4n) is 1.49. The normalized spacial score (nSPS) is 18.5. The van der Waals surface area contributed by atoms with Gasteiger partial charge in [-0.25, -0.2) is 14.2 Å². The smallest absolute Gasteiger partial charge is 0.353 e. The standard InChI is InChI=1S/C8H8N6O3/c9-6(15)5-7-11-12-14(1-4-2-17-4)8(16)13(7)3-10-5/h3-4H,1-2H2,(H2,9,15). The highest BCUT2D eigenvalue weighted by Crippen LogP contribution is 2.09. The second kappa shape index (κ2) is 3.35. The van der Waals surface area contributed by atoms with Crippen molar-refractivity contribution in [3.05, 3.63) is 22.5 Å². The van der Waals surface area contributed by atoms with E-state index in [0.29, 0.717) is 13.2 Å². The minimum atomic E-state index is -0.746. The maximum Gasteiger partial charge on any atom is 0.353 e. The van der Waals surface area contributed by atoms with Gasteiger partial charge in [0.2, 0.25) is 0 Å². The molecule has 1 saturated heterocycles. The van der Waals surface area contributed by atoms with Gasteiger partial charge in [-0.2, -0.15) is 4.68 Å².